The number of carbonyl (C=O) groups excluding carboxylic acids is 1. The molecular formula is C15H19ClN4O3. The number of fused-ring (bicyclic) bond motifs is 1. The van der Waals surface area contributed by atoms with Crippen LogP contribution >= 0.6 is 11.6 Å². The molecule has 1 heterocycles. The van der Waals surface area contributed by atoms with Gasteiger partial charge in [0.2, 0.25) is 0 Å². The topological polar surface area (TPSA) is 87.5 Å². The van der Waals surface area contributed by atoms with Gasteiger partial charge < -0.3 is 19.9 Å². The van der Waals surface area contributed by atoms with E-state index in [1.807, 2.05) is 17.7 Å². The molecule has 1 aromatic heterocycles. The van der Waals surface area contributed by atoms with Gasteiger partial charge in [0.05, 0.1) is 23.5 Å². The molecule has 0 spiro atoms. The van der Waals surface area contributed by atoms with E-state index in [-0.39, 0.29) is 19.1 Å². The number of hydrogen-bond acceptors (Lipinski definition) is 3. The fourth-order valence-electron chi connectivity index (χ4n) is 2.24. The molecule has 0 saturated heterocycles. The summed E-state index contributed by atoms with van der Waals surface area (Å²) in [4.78, 5) is 28.6. The Morgan fingerprint density at radius 3 is 2.83 bits per heavy atom. The summed E-state index contributed by atoms with van der Waals surface area (Å²) in [6, 6.07) is 5.08. The van der Waals surface area contributed by atoms with Crippen LogP contribution in [0, 0.1) is 5.92 Å². The fraction of sp³-hybridized carbons (Fsp3) is 0.400. The quantitative estimate of drug-likeness (QED) is 0.873. The molecule has 2 N–H and O–H groups in total. The Morgan fingerprint density at radius 1 is 1.48 bits per heavy atom. The highest BCUT2D eigenvalue weighted by Gasteiger charge is 2.17. The highest BCUT2D eigenvalue weighted by atomic mass is 35.5. The van der Waals surface area contributed by atoms with Crippen molar-refractivity contribution in [3.8, 4) is 0 Å². The molecule has 1 atom stereocenters. The molecular weight excluding hydrogens is 320 g/mol. The average molecular weight is 339 g/mol. The molecule has 0 radical (unpaired) electrons. The van der Waals surface area contributed by atoms with Gasteiger partial charge in [-0.05, 0) is 18.2 Å². The maximum atomic E-state index is 12.0. The number of aryl methyl sites for hydroxylation is 1. The lowest BCUT2D eigenvalue weighted by atomic mass is 10.2. The third kappa shape index (κ3) is 3.92. The first kappa shape index (κ1) is 17.1. The first-order valence-electron chi connectivity index (χ1n) is 7.12. The summed E-state index contributed by atoms with van der Waals surface area (Å²) in [5, 5.41) is 12.2. The minimum absolute atomic E-state index is 0.138. The number of imidazole rings is 1. The number of aliphatic carboxylic acids is 1. The van der Waals surface area contributed by atoms with E-state index in [9.17, 15) is 9.59 Å². The van der Waals surface area contributed by atoms with Crippen LogP contribution in [0.3, 0.4) is 0 Å². The standard InChI is InChI=1S/C15H19ClN4O3/c1-9(14(21)22)8-19(2)15(23)17-7-13-18-11-6-10(16)4-5-12(11)20(13)3/h4-6,9H,7-8H2,1-3H3,(H,17,23)(H,21,22). The van der Waals surface area contributed by atoms with Crippen LogP contribution in [-0.4, -0.2) is 45.2 Å². The largest absolute Gasteiger partial charge is 0.481 e. The lowest BCUT2D eigenvalue weighted by Crippen LogP contribution is -2.40. The van der Waals surface area contributed by atoms with E-state index in [0.29, 0.717) is 10.8 Å². The van der Waals surface area contributed by atoms with Gasteiger partial charge in [-0.1, -0.05) is 18.5 Å². The van der Waals surface area contributed by atoms with Gasteiger partial charge in [0.15, 0.2) is 0 Å². The zero-order chi connectivity index (χ0) is 17.1. The predicted octanol–water partition coefficient (Wildman–Crippen LogP) is 2.09. The Labute approximate surface area is 138 Å². The zero-order valence-electron chi connectivity index (χ0n) is 13.2. The van der Waals surface area contributed by atoms with Gasteiger partial charge in [0, 0.05) is 25.7 Å². The lowest BCUT2D eigenvalue weighted by Gasteiger charge is -2.19. The molecule has 0 aliphatic heterocycles. The Bertz CT molecular complexity index is 744. The van der Waals surface area contributed by atoms with E-state index in [1.165, 1.54) is 4.90 Å². The number of hydrogen-bond donors (Lipinski definition) is 2. The van der Waals surface area contributed by atoms with Crippen LogP contribution in [0.25, 0.3) is 11.0 Å². The van der Waals surface area contributed by atoms with Crippen LogP contribution in [0.5, 0.6) is 0 Å². The third-order valence-electron chi connectivity index (χ3n) is 3.65. The number of benzene rings is 1. The summed E-state index contributed by atoms with van der Waals surface area (Å²) in [6.45, 7) is 1.94. The van der Waals surface area contributed by atoms with Gasteiger partial charge >= 0.3 is 12.0 Å². The second-order valence-electron chi connectivity index (χ2n) is 5.50. The van der Waals surface area contributed by atoms with Crippen molar-refractivity contribution in [1.82, 2.24) is 19.8 Å². The molecule has 8 heteroatoms. The number of amides is 2. The molecule has 0 fully saturated rings. The summed E-state index contributed by atoms with van der Waals surface area (Å²) in [6.07, 6.45) is 0. The Balaban J connectivity index is 2.01. The van der Waals surface area contributed by atoms with Crippen molar-refractivity contribution in [1.29, 1.82) is 0 Å². The van der Waals surface area contributed by atoms with Crippen LogP contribution in [0.2, 0.25) is 5.02 Å². The molecule has 0 saturated carbocycles. The smallest absolute Gasteiger partial charge is 0.317 e. The predicted molar refractivity (Wildman–Crippen MR) is 87.4 cm³/mol. The van der Waals surface area contributed by atoms with E-state index in [0.717, 1.165) is 11.0 Å². The first-order valence-corrected chi connectivity index (χ1v) is 7.50. The molecule has 7 nitrogen and oxygen atoms in total. The fourth-order valence-corrected chi connectivity index (χ4v) is 2.41. The summed E-state index contributed by atoms with van der Waals surface area (Å²) in [5.41, 5.74) is 1.68. The van der Waals surface area contributed by atoms with Crippen LogP contribution in [0.4, 0.5) is 4.79 Å². The maximum absolute atomic E-state index is 12.0. The van der Waals surface area contributed by atoms with Crippen molar-refractivity contribution in [3.05, 3.63) is 29.0 Å². The molecule has 2 amide bonds. The highest BCUT2D eigenvalue weighted by molar-refractivity contribution is 6.31. The molecule has 2 rings (SSSR count). The van der Waals surface area contributed by atoms with Crippen molar-refractivity contribution in [2.75, 3.05) is 13.6 Å². The van der Waals surface area contributed by atoms with Gasteiger partial charge in [0.25, 0.3) is 0 Å². The number of carbonyl (C=O) groups is 2. The minimum atomic E-state index is -0.933. The van der Waals surface area contributed by atoms with Crippen LogP contribution in [0.1, 0.15) is 12.7 Å². The van der Waals surface area contributed by atoms with Gasteiger partial charge in [-0.2, -0.15) is 0 Å². The molecule has 0 aliphatic rings. The number of halogens is 1. The van der Waals surface area contributed by atoms with Crippen molar-refractivity contribution in [3.63, 3.8) is 0 Å². The van der Waals surface area contributed by atoms with Gasteiger partial charge in [-0.25, -0.2) is 9.78 Å². The Morgan fingerprint density at radius 2 is 2.17 bits per heavy atom. The number of rotatable bonds is 5. The van der Waals surface area contributed by atoms with Crippen molar-refractivity contribution in [2.45, 2.75) is 13.5 Å². The van der Waals surface area contributed by atoms with E-state index >= 15 is 0 Å². The number of carboxylic acid groups (broad SMARTS) is 1. The van der Waals surface area contributed by atoms with Crippen LogP contribution < -0.4 is 5.32 Å². The molecule has 23 heavy (non-hydrogen) atoms. The van der Waals surface area contributed by atoms with E-state index < -0.39 is 11.9 Å². The second kappa shape index (κ2) is 6.87. The van der Waals surface area contributed by atoms with Crippen molar-refractivity contribution in [2.24, 2.45) is 13.0 Å². The monoisotopic (exact) mass is 338 g/mol. The van der Waals surface area contributed by atoms with E-state index in [1.54, 1.807) is 26.1 Å². The van der Waals surface area contributed by atoms with Crippen molar-refractivity contribution >= 4 is 34.6 Å². The minimum Gasteiger partial charge on any atom is -0.481 e. The lowest BCUT2D eigenvalue weighted by molar-refractivity contribution is -0.141. The van der Waals surface area contributed by atoms with Gasteiger partial charge in [-0.3, -0.25) is 4.79 Å². The number of urea groups is 1. The number of aromatic nitrogens is 2. The summed E-state index contributed by atoms with van der Waals surface area (Å²) in [5.74, 6) is -0.865. The second-order valence-corrected chi connectivity index (χ2v) is 5.94. The summed E-state index contributed by atoms with van der Waals surface area (Å²) in [7, 11) is 3.42. The summed E-state index contributed by atoms with van der Waals surface area (Å²) < 4.78 is 1.88. The number of carboxylic acids is 1. The zero-order valence-corrected chi connectivity index (χ0v) is 14.0. The van der Waals surface area contributed by atoms with E-state index in [4.69, 9.17) is 16.7 Å². The third-order valence-corrected chi connectivity index (χ3v) is 3.88. The van der Waals surface area contributed by atoms with Crippen molar-refractivity contribution < 1.29 is 14.7 Å². The summed E-state index contributed by atoms with van der Waals surface area (Å²) >= 11 is 5.95. The normalized spacial score (nSPS) is 12.2. The Hall–Kier alpha value is -2.28. The van der Waals surface area contributed by atoms with Gasteiger partial charge in [0.1, 0.15) is 5.82 Å². The molecule has 1 aromatic carbocycles. The van der Waals surface area contributed by atoms with Crippen LogP contribution in [-0.2, 0) is 18.4 Å². The number of nitrogens with zero attached hydrogens (tertiary/aromatic N) is 3. The molecule has 124 valence electrons. The first-order chi connectivity index (χ1) is 10.8. The molecule has 0 bridgehead atoms. The van der Waals surface area contributed by atoms with E-state index in [2.05, 4.69) is 10.3 Å². The Kier molecular flexibility index (Phi) is 5.10. The van der Waals surface area contributed by atoms with Crippen LogP contribution in [0.15, 0.2) is 18.2 Å². The average Bonchev–Trinajstić information content (AvgIpc) is 2.80. The maximum Gasteiger partial charge on any atom is 0.317 e. The number of nitrogens with one attached hydrogen (secondary N) is 1. The molecule has 2 aromatic rings. The molecule has 1 unspecified atom stereocenters. The highest BCUT2D eigenvalue weighted by Crippen LogP contribution is 2.19. The van der Waals surface area contributed by atoms with Gasteiger partial charge in [-0.15, -0.1) is 0 Å². The molecule has 0 aliphatic carbocycles. The SMILES string of the molecule is CC(CN(C)C(=O)NCc1nc2cc(Cl)ccc2n1C)C(=O)O.